The summed E-state index contributed by atoms with van der Waals surface area (Å²) in [5.41, 5.74) is 1.82. The third-order valence-electron chi connectivity index (χ3n) is 3.97. The van der Waals surface area contributed by atoms with E-state index in [4.69, 9.17) is 27.9 Å². The molecule has 6 nitrogen and oxygen atoms in total. The van der Waals surface area contributed by atoms with Crippen LogP contribution in [0.3, 0.4) is 0 Å². The van der Waals surface area contributed by atoms with E-state index in [0.717, 1.165) is 5.56 Å². The van der Waals surface area contributed by atoms with E-state index in [1.54, 1.807) is 18.2 Å². The van der Waals surface area contributed by atoms with Crippen LogP contribution < -0.4 is 10.6 Å². The SMILES string of the molecule is CC(C)(C)c1ccc(C(=O)NCC(=O)OCC(=O)Nc2cc(Cl)ccc2Cl)cc1. The van der Waals surface area contributed by atoms with Gasteiger partial charge in [0.1, 0.15) is 6.54 Å². The summed E-state index contributed by atoms with van der Waals surface area (Å²) in [5.74, 6) is -1.72. The van der Waals surface area contributed by atoms with E-state index in [-0.39, 0.29) is 12.0 Å². The number of nitrogens with one attached hydrogen (secondary N) is 2. The molecule has 2 amide bonds. The molecule has 0 spiro atoms. The number of ether oxygens (including phenoxy) is 1. The largest absolute Gasteiger partial charge is 0.454 e. The number of halogens is 2. The van der Waals surface area contributed by atoms with Gasteiger partial charge in [-0.25, -0.2) is 0 Å². The van der Waals surface area contributed by atoms with Crippen molar-refractivity contribution in [2.45, 2.75) is 26.2 Å². The highest BCUT2D eigenvalue weighted by Gasteiger charge is 2.15. The minimum absolute atomic E-state index is 0.0192. The maximum atomic E-state index is 12.1. The Hall–Kier alpha value is -2.57. The van der Waals surface area contributed by atoms with Gasteiger partial charge in [-0.3, -0.25) is 14.4 Å². The van der Waals surface area contributed by atoms with Crippen LogP contribution in [0.1, 0.15) is 36.7 Å². The van der Waals surface area contributed by atoms with Crippen LogP contribution in [0.25, 0.3) is 0 Å². The molecule has 154 valence electrons. The van der Waals surface area contributed by atoms with Crippen LogP contribution in [0.15, 0.2) is 42.5 Å². The maximum absolute atomic E-state index is 12.1. The average Bonchev–Trinajstić information content (AvgIpc) is 2.66. The maximum Gasteiger partial charge on any atom is 0.325 e. The first-order valence-corrected chi connectivity index (χ1v) is 9.61. The van der Waals surface area contributed by atoms with Gasteiger partial charge in [0.05, 0.1) is 10.7 Å². The van der Waals surface area contributed by atoms with Crippen molar-refractivity contribution in [3.8, 4) is 0 Å². The summed E-state index contributed by atoms with van der Waals surface area (Å²) in [7, 11) is 0. The lowest BCUT2D eigenvalue weighted by Crippen LogP contribution is -2.32. The lowest BCUT2D eigenvalue weighted by Gasteiger charge is -2.19. The van der Waals surface area contributed by atoms with Gasteiger partial charge < -0.3 is 15.4 Å². The molecule has 0 aromatic heterocycles. The summed E-state index contributed by atoms with van der Waals surface area (Å²) in [6, 6.07) is 11.7. The fraction of sp³-hybridized carbons (Fsp3) is 0.286. The highest BCUT2D eigenvalue weighted by Crippen LogP contribution is 2.25. The van der Waals surface area contributed by atoms with Crippen LogP contribution >= 0.6 is 23.2 Å². The summed E-state index contributed by atoms with van der Waals surface area (Å²) >= 11 is 11.8. The molecule has 8 heteroatoms. The van der Waals surface area contributed by atoms with Crippen LogP contribution in [0.2, 0.25) is 10.0 Å². The van der Waals surface area contributed by atoms with Gasteiger partial charge in [-0.15, -0.1) is 0 Å². The Labute approximate surface area is 179 Å². The van der Waals surface area contributed by atoms with Gasteiger partial charge >= 0.3 is 5.97 Å². The second-order valence-corrected chi connectivity index (χ2v) is 8.19. The van der Waals surface area contributed by atoms with E-state index >= 15 is 0 Å². The third kappa shape index (κ3) is 7.07. The third-order valence-corrected chi connectivity index (χ3v) is 4.54. The molecule has 0 atom stereocenters. The predicted octanol–water partition coefficient (Wildman–Crippen LogP) is 4.20. The molecule has 0 saturated heterocycles. The topological polar surface area (TPSA) is 84.5 Å². The number of hydrogen-bond donors (Lipinski definition) is 2. The van der Waals surface area contributed by atoms with Crippen LogP contribution in [0.5, 0.6) is 0 Å². The van der Waals surface area contributed by atoms with Crippen LogP contribution in [0.4, 0.5) is 5.69 Å². The van der Waals surface area contributed by atoms with E-state index in [1.807, 2.05) is 12.1 Å². The van der Waals surface area contributed by atoms with Crippen molar-refractivity contribution in [3.63, 3.8) is 0 Å². The lowest BCUT2D eigenvalue weighted by molar-refractivity contribution is -0.146. The van der Waals surface area contributed by atoms with Gasteiger partial charge in [-0.2, -0.15) is 0 Å². The van der Waals surface area contributed by atoms with E-state index in [1.165, 1.54) is 12.1 Å². The standard InChI is InChI=1S/C21H22Cl2N2O4/c1-21(2,3)14-6-4-13(5-7-14)20(28)24-11-19(27)29-12-18(26)25-17-10-15(22)8-9-16(17)23/h4-10H,11-12H2,1-3H3,(H,24,28)(H,25,26). The van der Waals surface area contributed by atoms with Crippen LogP contribution in [0, 0.1) is 0 Å². The summed E-state index contributed by atoms with van der Waals surface area (Å²) in [5, 5.41) is 5.66. The Morgan fingerprint density at radius 1 is 1.00 bits per heavy atom. The molecule has 0 saturated carbocycles. The first kappa shape index (κ1) is 22.7. The van der Waals surface area contributed by atoms with E-state index < -0.39 is 24.4 Å². The molecule has 0 radical (unpaired) electrons. The molecule has 2 N–H and O–H groups in total. The minimum Gasteiger partial charge on any atom is -0.454 e. The van der Waals surface area contributed by atoms with Crippen molar-refractivity contribution in [3.05, 3.63) is 63.6 Å². The molecular weight excluding hydrogens is 415 g/mol. The van der Waals surface area contributed by atoms with E-state index in [2.05, 4.69) is 31.4 Å². The minimum atomic E-state index is -0.739. The van der Waals surface area contributed by atoms with E-state index in [0.29, 0.717) is 21.3 Å². The molecule has 0 heterocycles. The Morgan fingerprint density at radius 3 is 2.28 bits per heavy atom. The molecule has 0 aliphatic rings. The summed E-state index contributed by atoms with van der Waals surface area (Å²) in [6.45, 7) is 5.36. The van der Waals surface area contributed by atoms with Gasteiger partial charge in [-0.1, -0.05) is 56.1 Å². The van der Waals surface area contributed by atoms with Gasteiger partial charge in [0.2, 0.25) is 0 Å². The van der Waals surface area contributed by atoms with Crippen molar-refractivity contribution in [1.82, 2.24) is 5.32 Å². The van der Waals surface area contributed by atoms with E-state index in [9.17, 15) is 14.4 Å². The summed E-state index contributed by atoms with van der Waals surface area (Å²) in [6.07, 6.45) is 0. The molecule has 2 aromatic rings. The normalized spacial score (nSPS) is 10.9. The van der Waals surface area contributed by atoms with Gasteiger partial charge in [0.15, 0.2) is 6.61 Å². The monoisotopic (exact) mass is 436 g/mol. The molecule has 0 aliphatic heterocycles. The van der Waals surface area contributed by atoms with Crippen LogP contribution in [-0.4, -0.2) is 30.9 Å². The number of benzene rings is 2. The molecule has 0 aliphatic carbocycles. The molecule has 29 heavy (non-hydrogen) atoms. The fourth-order valence-corrected chi connectivity index (χ4v) is 2.69. The molecular formula is C21H22Cl2N2O4. The second kappa shape index (κ2) is 9.76. The highest BCUT2D eigenvalue weighted by molar-refractivity contribution is 6.35. The number of carbonyl (C=O) groups excluding carboxylic acids is 3. The lowest BCUT2D eigenvalue weighted by atomic mass is 9.87. The number of rotatable bonds is 6. The van der Waals surface area contributed by atoms with Gasteiger partial charge in [-0.05, 0) is 41.3 Å². The zero-order valence-corrected chi connectivity index (χ0v) is 17.9. The molecule has 0 fully saturated rings. The van der Waals surface area contributed by atoms with Crippen molar-refractivity contribution in [2.24, 2.45) is 0 Å². The number of carbonyl (C=O) groups is 3. The quantitative estimate of drug-likeness (QED) is 0.664. The van der Waals surface area contributed by atoms with Gasteiger partial charge in [0.25, 0.3) is 11.8 Å². The Kier molecular flexibility index (Phi) is 7.65. The van der Waals surface area contributed by atoms with Crippen molar-refractivity contribution >= 4 is 46.7 Å². The van der Waals surface area contributed by atoms with Crippen molar-refractivity contribution in [1.29, 1.82) is 0 Å². The zero-order valence-electron chi connectivity index (χ0n) is 16.3. The first-order chi connectivity index (χ1) is 13.6. The second-order valence-electron chi connectivity index (χ2n) is 7.34. The average molecular weight is 437 g/mol. The number of anilines is 1. The summed E-state index contributed by atoms with van der Waals surface area (Å²) in [4.78, 5) is 35.8. The zero-order chi connectivity index (χ0) is 21.6. The molecule has 0 bridgehead atoms. The first-order valence-electron chi connectivity index (χ1n) is 8.85. The molecule has 2 rings (SSSR count). The van der Waals surface area contributed by atoms with Gasteiger partial charge in [0, 0.05) is 10.6 Å². The fourth-order valence-electron chi connectivity index (χ4n) is 2.35. The number of hydrogen-bond acceptors (Lipinski definition) is 4. The smallest absolute Gasteiger partial charge is 0.325 e. The Balaban J connectivity index is 1.78. The van der Waals surface area contributed by atoms with Crippen molar-refractivity contribution in [2.75, 3.05) is 18.5 Å². The molecule has 0 unspecified atom stereocenters. The van der Waals surface area contributed by atoms with Crippen LogP contribution in [-0.2, 0) is 19.7 Å². The molecule has 2 aromatic carbocycles. The predicted molar refractivity (Wildman–Crippen MR) is 114 cm³/mol. The van der Waals surface area contributed by atoms with Crippen molar-refractivity contribution < 1.29 is 19.1 Å². The number of amides is 2. The number of esters is 1. The highest BCUT2D eigenvalue weighted by atomic mass is 35.5. The Bertz CT molecular complexity index is 906. The Morgan fingerprint density at radius 2 is 1.66 bits per heavy atom. The summed E-state index contributed by atoms with van der Waals surface area (Å²) < 4.78 is 4.85.